The van der Waals surface area contributed by atoms with E-state index in [1.807, 2.05) is 38.1 Å². The van der Waals surface area contributed by atoms with Crippen molar-refractivity contribution in [2.24, 2.45) is 0 Å². The monoisotopic (exact) mass is 550 g/mol. The van der Waals surface area contributed by atoms with Gasteiger partial charge in [-0.15, -0.1) is 0 Å². The Labute approximate surface area is 233 Å². The first-order valence-electron chi connectivity index (χ1n) is 14.5. The lowest BCUT2D eigenvalue weighted by Crippen LogP contribution is -2.51. The van der Waals surface area contributed by atoms with E-state index in [0.717, 1.165) is 45.3 Å². The van der Waals surface area contributed by atoms with Crippen LogP contribution in [0.15, 0.2) is 30.5 Å². The second-order valence-electron chi connectivity index (χ2n) is 12.1. The number of fused-ring (bicyclic) bond motifs is 4. The molecule has 6 heterocycles. The van der Waals surface area contributed by atoms with Crippen molar-refractivity contribution in [1.82, 2.24) is 25.2 Å². The molecule has 4 aliphatic rings. The van der Waals surface area contributed by atoms with E-state index in [-0.39, 0.29) is 35.5 Å². The molecule has 0 aliphatic carbocycles. The number of hydrogen-bond acceptors (Lipinski definition) is 8. The third-order valence-corrected chi connectivity index (χ3v) is 8.90. The highest BCUT2D eigenvalue weighted by Gasteiger charge is 2.49. The van der Waals surface area contributed by atoms with Crippen LogP contribution in [0.5, 0.6) is 11.8 Å². The van der Waals surface area contributed by atoms with E-state index in [1.165, 1.54) is 0 Å². The summed E-state index contributed by atoms with van der Waals surface area (Å²) in [5.74, 6) is 0.669. The maximum atomic E-state index is 16.4. The van der Waals surface area contributed by atoms with E-state index in [2.05, 4.69) is 25.1 Å². The summed E-state index contributed by atoms with van der Waals surface area (Å²) in [7, 11) is 0. The fraction of sp³-hybridized carbons (Fsp3) is 0.567. The van der Waals surface area contributed by atoms with E-state index >= 15 is 4.39 Å². The quantitative estimate of drug-likeness (QED) is 0.461. The molecule has 4 atom stereocenters. The third kappa shape index (κ3) is 4.55. The zero-order valence-electron chi connectivity index (χ0n) is 23.1. The van der Waals surface area contributed by atoms with Crippen molar-refractivity contribution in [2.45, 2.75) is 75.8 Å². The molecule has 4 fully saturated rings. The first-order chi connectivity index (χ1) is 19.4. The molecule has 212 valence electrons. The van der Waals surface area contributed by atoms with Gasteiger partial charge >= 0.3 is 6.01 Å². The summed E-state index contributed by atoms with van der Waals surface area (Å²) in [4.78, 5) is 18.4. The predicted molar refractivity (Wildman–Crippen MR) is 149 cm³/mol. The van der Waals surface area contributed by atoms with Crippen LogP contribution in [-0.2, 0) is 0 Å². The number of aromatic nitrogens is 3. The van der Waals surface area contributed by atoms with Crippen molar-refractivity contribution in [3.8, 4) is 23.0 Å². The van der Waals surface area contributed by atoms with Gasteiger partial charge < -0.3 is 19.7 Å². The number of ether oxygens (including phenoxy) is 2. The summed E-state index contributed by atoms with van der Waals surface area (Å²) < 4.78 is 43.0. The molecule has 0 saturated carbocycles. The number of alkyl halides is 1. The lowest BCUT2D eigenvalue weighted by Gasteiger charge is -2.34. The van der Waals surface area contributed by atoms with E-state index in [4.69, 9.17) is 14.5 Å². The number of anilines is 1. The normalized spacial score (nSPS) is 28.0. The molecule has 8 nitrogen and oxygen atoms in total. The zero-order chi connectivity index (χ0) is 27.4. The third-order valence-electron chi connectivity index (χ3n) is 8.90. The van der Waals surface area contributed by atoms with E-state index in [0.29, 0.717) is 47.6 Å². The largest absolute Gasteiger partial charge is 0.490 e. The fourth-order valence-electron chi connectivity index (χ4n) is 7.15. The second-order valence-corrected chi connectivity index (χ2v) is 12.1. The van der Waals surface area contributed by atoms with Gasteiger partial charge in [0.1, 0.15) is 35.6 Å². The van der Waals surface area contributed by atoms with Gasteiger partial charge in [0.25, 0.3) is 0 Å². The van der Waals surface area contributed by atoms with Gasteiger partial charge in [-0.2, -0.15) is 9.97 Å². The lowest BCUT2D eigenvalue weighted by atomic mass is 9.95. The molecule has 0 spiro atoms. The van der Waals surface area contributed by atoms with E-state index in [1.54, 1.807) is 6.20 Å². The summed E-state index contributed by atoms with van der Waals surface area (Å²) >= 11 is 0. The number of benzene rings is 1. The van der Waals surface area contributed by atoms with Gasteiger partial charge in [-0.3, -0.25) is 9.88 Å². The van der Waals surface area contributed by atoms with Crippen LogP contribution in [0, 0.1) is 5.82 Å². The zero-order valence-corrected chi connectivity index (χ0v) is 23.1. The van der Waals surface area contributed by atoms with Crippen molar-refractivity contribution in [1.29, 1.82) is 0 Å². The van der Waals surface area contributed by atoms with Gasteiger partial charge in [0, 0.05) is 49.9 Å². The minimum absolute atomic E-state index is 0.0734. The van der Waals surface area contributed by atoms with Crippen LogP contribution >= 0.6 is 0 Å². The van der Waals surface area contributed by atoms with Crippen LogP contribution in [-0.4, -0.2) is 82.5 Å². The number of rotatable bonds is 7. The number of para-hydroxylation sites is 1. The van der Waals surface area contributed by atoms with Crippen molar-refractivity contribution in [3.63, 3.8) is 0 Å². The first kappa shape index (κ1) is 25.8. The Bertz CT molecular complexity index is 1410. The molecule has 7 rings (SSSR count). The molecule has 2 aromatic heterocycles. The number of hydrogen-bond donors (Lipinski definition) is 1. The van der Waals surface area contributed by atoms with Crippen LogP contribution in [0.2, 0.25) is 0 Å². The maximum Gasteiger partial charge on any atom is 0.319 e. The SMILES string of the molecule is CC(C)Oc1ccccc1-c1ncc2c(N3C[C@H]4CC[C@@H](C3)N4)nc(OCC34CCCN3CC(F)C4)nc2c1F. The van der Waals surface area contributed by atoms with Crippen molar-refractivity contribution < 1.29 is 18.3 Å². The van der Waals surface area contributed by atoms with Crippen LogP contribution in [0.25, 0.3) is 22.2 Å². The fourth-order valence-corrected chi connectivity index (χ4v) is 7.15. The molecule has 10 heteroatoms. The number of halogens is 2. The number of piperazine rings is 1. The second kappa shape index (κ2) is 10.1. The average Bonchev–Trinajstić information content (AvgIpc) is 3.58. The summed E-state index contributed by atoms with van der Waals surface area (Å²) in [5, 5.41) is 4.20. The predicted octanol–water partition coefficient (Wildman–Crippen LogP) is 4.51. The van der Waals surface area contributed by atoms with Gasteiger partial charge in [-0.25, -0.2) is 8.78 Å². The standard InChI is InChI=1S/C30H36F2N6O2/c1-18(2)40-24-7-4-3-6-22(24)26-25(32)27-23(13-33-26)28(37-15-20-8-9-21(16-37)34-20)36-29(35-27)39-17-30-10-5-11-38(30)14-19(31)12-30/h3-4,6-7,13,18-21,34H,5,8-12,14-17H2,1-2H3/t19?,20-,21+,30?. The molecule has 1 aromatic carbocycles. The Hall–Kier alpha value is -3.11. The van der Waals surface area contributed by atoms with Gasteiger partial charge in [-0.1, -0.05) is 12.1 Å². The van der Waals surface area contributed by atoms with Crippen LogP contribution in [0.1, 0.15) is 46.0 Å². The molecule has 4 aliphatic heterocycles. The molecular formula is C30H36F2N6O2. The Morgan fingerprint density at radius 2 is 1.93 bits per heavy atom. The summed E-state index contributed by atoms with van der Waals surface area (Å²) in [6.07, 6.45) is 5.31. The van der Waals surface area contributed by atoms with Gasteiger partial charge in [-0.05, 0) is 58.2 Å². The maximum absolute atomic E-state index is 16.4. The highest BCUT2D eigenvalue weighted by molar-refractivity contribution is 5.92. The topological polar surface area (TPSA) is 75.6 Å². The molecule has 1 N–H and O–H groups in total. The number of pyridine rings is 1. The smallest absolute Gasteiger partial charge is 0.319 e. The van der Waals surface area contributed by atoms with E-state index < -0.39 is 12.0 Å². The van der Waals surface area contributed by atoms with Crippen molar-refractivity contribution >= 4 is 16.7 Å². The van der Waals surface area contributed by atoms with Gasteiger partial charge in [0.05, 0.1) is 17.0 Å². The van der Waals surface area contributed by atoms with E-state index in [9.17, 15) is 4.39 Å². The Morgan fingerprint density at radius 1 is 1.12 bits per heavy atom. The van der Waals surface area contributed by atoms with Crippen molar-refractivity contribution in [3.05, 3.63) is 36.3 Å². The Morgan fingerprint density at radius 3 is 2.73 bits per heavy atom. The molecule has 4 saturated heterocycles. The first-order valence-corrected chi connectivity index (χ1v) is 14.5. The summed E-state index contributed by atoms with van der Waals surface area (Å²) in [6, 6.07) is 8.21. The number of nitrogens with zero attached hydrogens (tertiary/aromatic N) is 5. The lowest BCUT2D eigenvalue weighted by molar-refractivity contribution is 0.107. The van der Waals surface area contributed by atoms with Gasteiger partial charge in [0.2, 0.25) is 0 Å². The highest BCUT2D eigenvalue weighted by Crippen LogP contribution is 2.41. The van der Waals surface area contributed by atoms with Crippen LogP contribution in [0.4, 0.5) is 14.6 Å². The molecule has 40 heavy (non-hydrogen) atoms. The molecular weight excluding hydrogens is 514 g/mol. The molecule has 2 unspecified atom stereocenters. The van der Waals surface area contributed by atoms with Crippen LogP contribution < -0.4 is 19.7 Å². The molecule has 3 aromatic rings. The Kier molecular flexibility index (Phi) is 6.50. The van der Waals surface area contributed by atoms with Gasteiger partial charge in [0.15, 0.2) is 5.82 Å². The summed E-state index contributed by atoms with van der Waals surface area (Å²) in [6.45, 7) is 7.03. The number of nitrogens with one attached hydrogen (secondary N) is 1. The molecule has 0 amide bonds. The molecule has 0 radical (unpaired) electrons. The minimum Gasteiger partial charge on any atom is -0.490 e. The van der Waals surface area contributed by atoms with Crippen LogP contribution in [0.3, 0.4) is 0 Å². The summed E-state index contributed by atoms with van der Waals surface area (Å²) in [5.41, 5.74) is 0.572. The van der Waals surface area contributed by atoms with Crippen molar-refractivity contribution in [2.75, 3.05) is 37.7 Å². The Balaban J connectivity index is 1.30. The minimum atomic E-state index is -0.854. The average molecular weight is 551 g/mol. The highest BCUT2D eigenvalue weighted by atomic mass is 19.1. The molecule has 2 bridgehead atoms.